The van der Waals surface area contributed by atoms with Crippen LogP contribution in [0.25, 0.3) is 11.0 Å². The number of rotatable bonds is 8. The quantitative estimate of drug-likeness (QED) is 0.290. The number of fused-ring (bicyclic) bond motifs is 1. The summed E-state index contributed by atoms with van der Waals surface area (Å²) in [6, 6.07) is 14.8. The maximum Gasteiger partial charge on any atom is 0.428 e. The van der Waals surface area contributed by atoms with E-state index in [1.165, 1.54) is 0 Å². The molecule has 0 bridgehead atoms. The lowest BCUT2D eigenvalue weighted by Gasteiger charge is -2.42. The molecule has 212 valence electrons. The first-order valence-electron chi connectivity index (χ1n) is 13.5. The summed E-state index contributed by atoms with van der Waals surface area (Å²) < 4.78 is 18.1. The zero-order valence-electron chi connectivity index (χ0n) is 22.8. The Morgan fingerprint density at radius 3 is 2.70 bits per heavy atom. The normalized spacial score (nSPS) is 21.9. The summed E-state index contributed by atoms with van der Waals surface area (Å²) in [5.41, 5.74) is 2.84. The second-order valence-corrected chi connectivity index (χ2v) is 12.3. The first kappa shape index (κ1) is 28.2. The lowest BCUT2D eigenvalue weighted by Crippen LogP contribution is -2.52. The van der Waals surface area contributed by atoms with Crippen LogP contribution in [-0.4, -0.2) is 46.7 Å². The van der Waals surface area contributed by atoms with Crippen molar-refractivity contribution in [3.8, 4) is 5.75 Å². The van der Waals surface area contributed by atoms with E-state index in [0.717, 1.165) is 34.7 Å². The molecular formula is C30H34BrN3O6. The fraction of sp³-hybridized carbons (Fsp3) is 0.433. The summed E-state index contributed by atoms with van der Waals surface area (Å²) >= 11 is 3.63. The lowest BCUT2D eigenvalue weighted by molar-refractivity contribution is 0.0154. The molecule has 1 aliphatic heterocycles. The average molecular weight is 613 g/mol. The molecule has 1 spiro atoms. The van der Waals surface area contributed by atoms with Gasteiger partial charge in [0.1, 0.15) is 23.7 Å². The largest absolute Gasteiger partial charge is 0.491 e. The number of furan rings is 1. The van der Waals surface area contributed by atoms with Gasteiger partial charge in [0.15, 0.2) is 11.4 Å². The second-order valence-electron chi connectivity index (χ2n) is 11.4. The van der Waals surface area contributed by atoms with Crippen molar-refractivity contribution in [3.63, 3.8) is 0 Å². The molecule has 0 saturated heterocycles. The highest BCUT2D eigenvalue weighted by Crippen LogP contribution is 2.42. The molecule has 3 N–H and O–H groups in total. The van der Waals surface area contributed by atoms with E-state index in [9.17, 15) is 14.7 Å². The average Bonchev–Trinajstić information content (AvgIpc) is 3.34. The summed E-state index contributed by atoms with van der Waals surface area (Å²) in [7, 11) is 0. The van der Waals surface area contributed by atoms with Gasteiger partial charge >= 0.3 is 6.09 Å². The number of nitrogens with one attached hydrogen (secondary N) is 2. The van der Waals surface area contributed by atoms with Gasteiger partial charge in [-0.05, 0) is 105 Å². The van der Waals surface area contributed by atoms with Crippen LogP contribution in [-0.2, 0) is 4.74 Å². The number of halogens is 1. The molecule has 1 aliphatic carbocycles. The van der Waals surface area contributed by atoms with Crippen LogP contribution in [0.5, 0.6) is 5.75 Å². The van der Waals surface area contributed by atoms with Crippen LogP contribution in [0.4, 0.5) is 4.79 Å². The number of ether oxygens (including phenoxy) is 2. The molecule has 0 radical (unpaired) electrons. The topological polar surface area (TPSA) is 122 Å². The molecule has 1 fully saturated rings. The van der Waals surface area contributed by atoms with Gasteiger partial charge in [0.05, 0.1) is 5.60 Å². The maximum absolute atomic E-state index is 12.8. The van der Waals surface area contributed by atoms with Gasteiger partial charge in [-0.25, -0.2) is 10.2 Å². The first-order valence-corrected chi connectivity index (χ1v) is 14.3. The smallest absolute Gasteiger partial charge is 0.428 e. The molecule has 2 amide bonds. The van der Waals surface area contributed by atoms with Crippen LogP contribution in [0.3, 0.4) is 0 Å². The van der Waals surface area contributed by atoms with E-state index >= 15 is 0 Å². The molecule has 10 heteroatoms. The van der Waals surface area contributed by atoms with E-state index in [2.05, 4.69) is 31.8 Å². The standard InChI is InChI=1S/C30H34BrN3O6/c1-18(32-27(35)25-15-20-6-4-5-7-24(20)39-25)14-19-10-12-30(13-11-19)26(33-34-28(36)40-30)22-9-8-21(16-23(22)31)38-17-29(2,3)37/h4-9,15-16,18-19,37H,10-14,17H2,1-3H3,(H,32,35)(H,34,36)/t18-,19?,30?/m0/s1. The number of aliphatic hydroxyl groups is 1. The van der Waals surface area contributed by atoms with Gasteiger partial charge < -0.3 is 24.3 Å². The predicted octanol–water partition coefficient (Wildman–Crippen LogP) is 5.93. The van der Waals surface area contributed by atoms with E-state index in [-0.39, 0.29) is 18.6 Å². The minimum absolute atomic E-state index is 0.0472. The monoisotopic (exact) mass is 611 g/mol. The van der Waals surface area contributed by atoms with Gasteiger partial charge in [-0.15, -0.1) is 0 Å². The van der Waals surface area contributed by atoms with E-state index < -0.39 is 17.3 Å². The minimum atomic E-state index is -0.951. The van der Waals surface area contributed by atoms with E-state index in [1.807, 2.05) is 49.4 Å². The summed E-state index contributed by atoms with van der Waals surface area (Å²) in [4.78, 5) is 25.0. The van der Waals surface area contributed by atoms with Crippen molar-refractivity contribution in [2.75, 3.05) is 6.61 Å². The van der Waals surface area contributed by atoms with Crippen LogP contribution in [0.1, 0.15) is 69.0 Å². The predicted molar refractivity (Wildman–Crippen MR) is 155 cm³/mol. The number of amides is 2. The molecule has 1 aromatic heterocycles. The molecule has 1 saturated carbocycles. The fourth-order valence-corrected chi connectivity index (χ4v) is 6.01. The third kappa shape index (κ3) is 6.33. The highest BCUT2D eigenvalue weighted by molar-refractivity contribution is 9.10. The Balaban J connectivity index is 1.22. The molecule has 40 heavy (non-hydrogen) atoms. The Labute approximate surface area is 241 Å². The van der Waals surface area contributed by atoms with Gasteiger partial charge in [0.2, 0.25) is 0 Å². The van der Waals surface area contributed by atoms with Crippen LogP contribution in [0.15, 0.2) is 62.5 Å². The van der Waals surface area contributed by atoms with Gasteiger partial charge in [0, 0.05) is 21.5 Å². The van der Waals surface area contributed by atoms with Gasteiger partial charge in [-0.2, -0.15) is 5.10 Å². The molecule has 3 aromatic rings. The third-order valence-corrected chi connectivity index (χ3v) is 8.05. The van der Waals surface area contributed by atoms with Crippen LogP contribution in [0.2, 0.25) is 0 Å². The van der Waals surface area contributed by atoms with Crippen molar-refractivity contribution >= 4 is 44.6 Å². The van der Waals surface area contributed by atoms with Crippen molar-refractivity contribution in [1.29, 1.82) is 0 Å². The zero-order chi connectivity index (χ0) is 28.5. The summed E-state index contributed by atoms with van der Waals surface area (Å²) in [5, 5.41) is 18.3. The van der Waals surface area contributed by atoms with Crippen molar-refractivity contribution in [2.45, 2.75) is 70.1 Å². The van der Waals surface area contributed by atoms with E-state index in [1.54, 1.807) is 19.9 Å². The van der Waals surface area contributed by atoms with Crippen LogP contribution in [0, 0.1) is 5.92 Å². The Kier molecular flexibility index (Phi) is 7.92. The van der Waals surface area contributed by atoms with Crippen LogP contribution >= 0.6 is 15.9 Å². The van der Waals surface area contributed by atoms with Crippen molar-refractivity contribution in [1.82, 2.24) is 10.7 Å². The number of benzene rings is 2. The Bertz CT molecular complexity index is 1400. The molecule has 2 heterocycles. The Morgan fingerprint density at radius 1 is 1.25 bits per heavy atom. The SMILES string of the molecule is C[C@@H](CC1CCC2(CC1)OC(=O)NN=C2c1ccc(OCC(C)(C)O)cc1Br)NC(=O)c1cc2ccccc2o1. The zero-order valence-corrected chi connectivity index (χ0v) is 24.4. The lowest BCUT2D eigenvalue weighted by atomic mass is 9.73. The number of carbonyl (C=O) groups is 2. The highest BCUT2D eigenvalue weighted by Gasteiger charge is 2.47. The Hall–Kier alpha value is -3.37. The fourth-order valence-electron chi connectivity index (χ4n) is 5.46. The molecule has 0 unspecified atom stereocenters. The Morgan fingerprint density at radius 2 is 2.00 bits per heavy atom. The van der Waals surface area contributed by atoms with Gasteiger partial charge in [-0.1, -0.05) is 18.2 Å². The molecule has 2 aliphatic rings. The van der Waals surface area contributed by atoms with Crippen LogP contribution < -0.4 is 15.5 Å². The molecule has 2 aromatic carbocycles. The van der Waals surface area contributed by atoms with Crippen molar-refractivity contribution in [2.24, 2.45) is 11.0 Å². The maximum atomic E-state index is 12.8. The number of hydrazone groups is 1. The van der Waals surface area contributed by atoms with E-state index in [0.29, 0.717) is 41.6 Å². The number of hydrogen-bond donors (Lipinski definition) is 3. The number of carbonyl (C=O) groups excluding carboxylic acids is 2. The van der Waals surface area contributed by atoms with Crippen molar-refractivity contribution in [3.05, 3.63) is 64.3 Å². The van der Waals surface area contributed by atoms with Gasteiger partial charge in [-0.3, -0.25) is 4.79 Å². The number of hydrogen-bond acceptors (Lipinski definition) is 7. The summed E-state index contributed by atoms with van der Waals surface area (Å²) in [5.74, 6) is 1.04. The molecule has 9 nitrogen and oxygen atoms in total. The minimum Gasteiger partial charge on any atom is -0.491 e. The molecular weight excluding hydrogens is 578 g/mol. The molecule has 1 atom stereocenters. The first-order chi connectivity index (χ1) is 19.0. The molecule has 5 rings (SSSR count). The second kappa shape index (κ2) is 11.2. The number of para-hydroxylation sites is 1. The summed E-state index contributed by atoms with van der Waals surface area (Å²) in [6.45, 7) is 5.52. The highest BCUT2D eigenvalue weighted by atomic mass is 79.9. The van der Waals surface area contributed by atoms with Crippen molar-refractivity contribution < 1.29 is 28.6 Å². The number of nitrogens with zero attached hydrogens (tertiary/aromatic N) is 1. The van der Waals surface area contributed by atoms with Gasteiger partial charge in [0.25, 0.3) is 5.91 Å². The third-order valence-electron chi connectivity index (χ3n) is 7.39. The van der Waals surface area contributed by atoms with E-state index in [4.69, 9.17) is 13.9 Å². The summed E-state index contributed by atoms with van der Waals surface area (Å²) in [6.07, 6.45) is 3.13.